The molecule has 0 bridgehead atoms. The predicted octanol–water partition coefficient (Wildman–Crippen LogP) is 5.36. The number of para-hydroxylation sites is 1. The van der Waals surface area contributed by atoms with Crippen molar-refractivity contribution in [1.82, 2.24) is 9.55 Å². The second-order valence-corrected chi connectivity index (χ2v) is 8.75. The average Bonchev–Trinajstić information content (AvgIpc) is 3.19. The summed E-state index contributed by atoms with van der Waals surface area (Å²) in [6.07, 6.45) is 0. The number of carbonyl (C=O) groups is 2. The molecule has 1 amide bonds. The Bertz CT molecular complexity index is 1640. The van der Waals surface area contributed by atoms with E-state index in [0.717, 1.165) is 16.9 Å². The number of hydrogen-bond acceptors (Lipinski definition) is 5. The molecule has 3 aromatic carbocycles. The Hall–Kier alpha value is -4.17. The number of halogens is 1. The minimum Gasteiger partial charge on any atom is -0.465 e. The van der Waals surface area contributed by atoms with Crippen LogP contribution in [-0.2, 0) is 16.1 Å². The molecule has 35 heavy (non-hydrogen) atoms. The van der Waals surface area contributed by atoms with Crippen molar-refractivity contribution in [3.63, 3.8) is 0 Å². The molecule has 2 aromatic heterocycles. The summed E-state index contributed by atoms with van der Waals surface area (Å²) in [6, 6.07) is 22.9. The van der Waals surface area contributed by atoms with E-state index in [1.807, 2.05) is 54.6 Å². The Morgan fingerprint density at radius 1 is 1.03 bits per heavy atom. The largest absolute Gasteiger partial charge is 0.465 e. The summed E-state index contributed by atoms with van der Waals surface area (Å²) in [7, 11) is 0. The lowest BCUT2D eigenvalue weighted by molar-refractivity contribution is -0.143. The summed E-state index contributed by atoms with van der Waals surface area (Å²) in [4.78, 5) is 35.2. The van der Waals surface area contributed by atoms with Crippen LogP contribution in [0.15, 0.2) is 83.9 Å². The van der Waals surface area contributed by atoms with Gasteiger partial charge >= 0.3 is 5.97 Å². The number of benzene rings is 3. The number of aromatic nitrogens is 2. The van der Waals surface area contributed by atoms with E-state index in [0.29, 0.717) is 32.4 Å². The van der Waals surface area contributed by atoms with Gasteiger partial charge in [0.2, 0.25) is 0 Å². The summed E-state index contributed by atoms with van der Waals surface area (Å²) >= 11 is 1.14. The van der Waals surface area contributed by atoms with Crippen molar-refractivity contribution in [3.8, 4) is 11.3 Å². The van der Waals surface area contributed by atoms with Crippen LogP contribution in [0.5, 0.6) is 0 Å². The van der Waals surface area contributed by atoms with Gasteiger partial charge in [-0.05, 0) is 37.3 Å². The van der Waals surface area contributed by atoms with Gasteiger partial charge in [0.25, 0.3) is 5.91 Å². The molecule has 5 rings (SSSR count). The van der Waals surface area contributed by atoms with Crippen LogP contribution in [-0.4, -0.2) is 28.0 Å². The number of hydrogen-bond donors (Lipinski definition) is 0. The fraction of sp³-hybridized carbons (Fsp3) is 0.111. The van der Waals surface area contributed by atoms with Crippen LogP contribution in [0.1, 0.15) is 17.3 Å². The van der Waals surface area contributed by atoms with Gasteiger partial charge in [-0.2, -0.15) is 4.99 Å². The number of amides is 1. The molecule has 0 spiro atoms. The standard InChI is InChI=1S/C27H20FN3O3S/c1-2-34-25(32)16-31-23-13-12-18(28)14-24(23)35-27(31)30-26(33)20-15-22(17-8-4-3-5-9-17)29-21-11-7-6-10-19(20)21/h3-15H,2,16H2,1H3. The molecular weight excluding hydrogens is 465 g/mol. The lowest BCUT2D eigenvalue weighted by atomic mass is 10.0. The first-order valence-electron chi connectivity index (χ1n) is 11.0. The molecule has 0 saturated heterocycles. The van der Waals surface area contributed by atoms with Gasteiger partial charge in [-0.3, -0.25) is 9.59 Å². The summed E-state index contributed by atoms with van der Waals surface area (Å²) in [6.45, 7) is 1.81. The summed E-state index contributed by atoms with van der Waals surface area (Å²) in [5, 5.41) is 0.671. The van der Waals surface area contributed by atoms with Crippen LogP contribution >= 0.6 is 11.3 Å². The van der Waals surface area contributed by atoms with E-state index in [9.17, 15) is 14.0 Å². The number of ether oxygens (including phenoxy) is 1. The van der Waals surface area contributed by atoms with Crippen molar-refractivity contribution >= 4 is 44.3 Å². The maximum absolute atomic E-state index is 13.9. The summed E-state index contributed by atoms with van der Waals surface area (Å²) in [5.74, 6) is -1.36. The number of nitrogens with zero attached hydrogens (tertiary/aromatic N) is 3. The molecule has 2 heterocycles. The summed E-state index contributed by atoms with van der Waals surface area (Å²) < 4.78 is 21.1. The van der Waals surface area contributed by atoms with Crippen molar-refractivity contribution in [1.29, 1.82) is 0 Å². The van der Waals surface area contributed by atoms with E-state index in [-0.39, 0.29) is 18.0 Å². The highest BCUT2D eigenvalue weighted by atomic mass is 32.1. The number of fused-ring (bicyclic) bond motifs is 2. The first kappa shape index (κ1) is 22.6. The molecule has 0 fully saturated rings. The van der Waals surface area contributed by atoms with Crippen LogP contribution in [0.4, 0.5) is 4.39 Å². The maximum atomic E-state index is 13.9. The lowest BCUT2D eigenvalue weighted by Crippen LogP contribution is -2.23. The van der Waals surface area contributed by atoms with Gasteiger partial charge in [0.05, 0.1) is 33.6 Å². The lowest BCUT2D eigenvalue weighted by Gasteiger charge is -2.08. The van der Waals surface area contributed by atoms with E-state index in [4.69, 9.17) is 9.72 Å². The zero-order valence-electron chi connectivity index (χ0n) is 18.8. The Labute approximate surface area is 204 Å². The van der Waals surface area contributed by atoms with E-state index in [1.54, 1.807) is 23.6 Å². The van der Waals surface area contributed by atoms with Crippen LogP contribution in [0.3, 0.4) is 0 Å². The molecular formula is C27H20FN3O3S. The first-order chi connectivity index (χ1) is 17.0. The minimum atomic E-state index is -0.481. The van der Waals surface area contributed by atoms with Crippen molar-refractivity contribution in [2.45, 2.75) is 13.5 Å². The Morgan fingerprint density at radius 3 is 2.60 bits per heavy atom. The molecule has 0 atom stereocenters. The smallest absolute Gasteiger partial charge is 0.326 e. The third kappa shape index (κ3) is 4.61. The second-order valence-electron chi connectivity index (χ2n) is 7.74. The Kier molecular flexibility index (Phi) is 6.20. The number of thiazole rings is 1. The maximum Gasteiger partial charge on any atom is 0.326 e. The highest BCUT2D eigenvalue weighted by Crippen LogP contribution is 2.26. The van der Waals surface area contributed by atoms with Crippen LogP contribution in [0, 0.1) is 5.82 Å². The third-order valence-corrected chi connectivity index (χ3v) is 6.49. The van der Waals surface area contributed by atoms with Gasteiger partial charge < -0.3 is 9.30 Å². The number of pyridine rings is 1. The number of rotatable bonds is 5. The summed E-state index contributed by atoms with van der Waals surface area (Å²) in [5.41, 5.74) is 3.19. The Morgan fingerprint density at radius 2 is 1.80 bits per heavy atom. The highest BCUT2D eigenvalue weighted by molar-refractivity contribution is 7.16. The highest BCUT2D eigenvalue weighted by Gasteiger charge is 2.16. The average molecular weight is 486 g/mol. The first-order valence-corrected chi connectivity index (χ1v) is 11.8. The van der Waals surface area contributed by atoms with Crippen LogP contribution in [0.2, 0.25) is 0 Å². The third-order valence-electron chi connectivity index (χ3n) is 5.45. The van der Waals surface area contributed by atoms with Crippen molar-refractivity contribution in [3.05, 3.63) is 95.0 Å². The van der Waals surface area contributed by atoms with Crippen LogP contribution < -0.4 is 4.80 Å². The van der Waals surface area contributed by atoms with Gasteiger partial charge in [0, 0.05) is 10.9 Å². The monoisotopic (exact) mass is 485 g/mol. The fourth-order valence-electron chi connectivity index (χ4n) is 3.88. The molecule has 5 aromatic rings. The zero-order chi connectivity index (χ0) is 24.4. The molecule has 6 nitrogen and oxygen atoms in total. The van der Waals surface area contributed by atoms with Crippen molar-refractivity contribution in [2.75, 3.05) is 6.61 Å². The van der Waals surface area contributed by atoms with Crippen LogP contribution in [0.25, 0.3) is 32.4 Å². The van der Waals surface area contributed by atoms with E-state index in [2.05, 4.69) is 4.99 Å². The molecule has 0 aliphatic heterocycles. The molecule has 0 radical (unpaired) electrons. The van der Waals surface area contributed by atoms with Crippen molar-refractivity contribution < 1.29 is 18.7 Å². The molecule has 0 unspecified atom stereocenters. The van der Waals surface area contributed by atoms with Gasteiger partial charge in [0.15, 0.2) is 4.80 Å². The number of carbonyl (C=O) groups excluding carboxylic acids is 2. The normalized spacial score (nSPS) is 11.8. The van der Waals surface area contributed by atoms with Gasteiger partial charge in [-0.25, -0.2) is 9.37 Å². The van der Waals surface area contributed by atoms with Crippen molar-refractivity contribution in [2.24, 2.45) is 4.99 Å². The molecule has 0 aliphatic rings. The fourth-order valence-corrected chi connectivity index (χ4v) is 4.93. The number of esters is 1. The Balaban J connectivity index is 1.68. The van der Waals surface area contributed by atoms with E-state index in [1.165, 1.54) is 12.1 Å². The van der Waals surface area contributed by atoms with Gasteiger partial charge in [-0.1, -0.05) is 59.9 Å². The van der Waals surface area contributed by atoms with Gasteiger partial charge in [-0.15, -0.1) is 0 Å². The van der Waals surface area contributed by atoms with E-state index >= 15 is 0 Å². The SMILES string of the molecule is CCOC(=O)Cn1c(=NC(=O)c2cc(-c3ccccc3)nc3ccccc23)sc2cc(F)ccc21. The molecule has 8 heteroatoms. The predicted molar refractivity (Wildman–Crippen MR) is 133 cm³/mol. The topological polar surface area (TPSA) is 73.6 Å². The molecule has 0 aliphatic carbocycles. The molecule has 0 saturated carbocycles. The quantitative estimate of drug-likeness (QED) is 0.314. The zero-order valence-corrected chi connectivity index (χ0v) is 19.6. The molecule has 174 valence electrons. The van der Waals surface area contributed by atoms with Gasteiger partial charge in [0.1, 0.15) is 12.4 Å². The molecule has 0 N–H and O–H groups in total. The van der Waals surface area contributed by atoms with E-state index < -0.39 is 17.7 Å². The minimum absolute atomic E-state index is 0.141. The second kappa shape index (κ2) is 9.60.